The van der Waals surface area contributed by atoms with Crippen molar-refractivity contribution in [3.8, 4) is 23.1 Å². The van der Waals surface area contributed by atoms with Crippen LogP contribution in [0.15, 0.2) is 48.5 Å². The van der Waals surface area contributed by atoms with Crippen molar-refractivity contribution in [3.63, 3.8) is 0 Å². The number of ether oxygens (including phenoxy) is 1. The standard InChI is InChI=1S/C19H22N4O/c1-13(2)12-24-19-21-18(15-6-4-14(3)5-7-15)23(22-19)17-10-8-16(20)9-11-17/h4-11,13H,12,20H2,1-3H3. The van der Waals surface area contributed by atoms with E-state index in [1.54, 1.807) is 4.68 Å². The van der Waals surface area contributed by atoms with E-state index in [1.807, 2.05) is 36.4 Å². The average molecular weight is 322 g/mol. The lowest BCUT2D eigenvalue weighted by molar-refractivity contribution is 0.251. The van der Waals surface area contributed by atoms with E-state index in [-0.39, 0.29) is 0 Å². The van der Waals surface area contributed by atoms with Crippen molar-refractivity contribution in [2.45, 2.75) is 20.8 Å². The van der Waals surface area contributed by atoms with Gasteiger partial charge in [0.05, 0.1) is 12.3 Å². The zero-order valence-corrected chi connectivity index (χ0v) is 14.2. The number of nitrogens with two attached hydrogens (primary N) is 1. The van der Waals surface area contributed by atoms with E-state index < -0.39 is 0 Å². The lowest BCUT2D eigenvalue weighted by atomic mass is 10.1. The molecule has 5 nitrogen and oxygen atoms in total. The number of hydrogen-bond acceptors (Lipinski definition) is 4. The molecule has 0 aliphatic carbocycles. The average Bonchev–Trinajstić information content (AvgIpc) is 2.98. The molecule has 0 aliphatic heterocycles. The molecule has 0 saturated heterocycles. The molecule has 24 heavy (non-hydrogen) atoms. The summed E-state index contributed by atoms with van der Waals surface area (Å²) in [5.41, 5.74) is 9.59. The van der Waals surface area contributed by atoms with E-state index in [4.69, 9.17) is 10.5 Å². The molecule has 0 aliphatic rings. The number of rotatable bonds is 5. The Labute approximate surface area is 142 Å². The first-order valence-electron chi connectivity index (χ1n) is 8.06. The van der Waals surface area contributed by atoms with Crippen molar-refractivity contribution < 1.29 is 4.74 Å². The van der Waals surface area contributed by atoms with Crippen LogP contribution in [0.3, 0.4) is 0 Å². The Bertz CT molecular complexity index is 741. The molecule has 1 aromatic heterocycles. The van der Waals surface area contributed by atoms with Crippen LogP contribution in [0.1, 0.15) is 19.4 Å². The van der Waals surface area contributed by atoms with Gasteiger partial charge in [-0.15, -0.1) is 5.10 Å². The van der Waals surface area contributed by atoms with Gasteiger partial charge in [0, 0.05) is 11.3 Å². The van der Waals surface area contributed by atoms with Gasteiger partial charge in [0.15, 0.2) is 5.82 Å². The van der Waals surface area contributed by atoms with Gasteiger partial charge in [0.2, 0.25) is 0 Å². The highest BCUT2D eigenvalue weighted by atomic mass is 16.5. The minimum atomic E-state index is 0.385. The van der Waals surface area contributed by atoms with Crippen LogP contribution in [-0.2, 0) is 0 Å². The highest BCUT2D eigenvalue weighted by molar-refractivity contribution is 5.59. The SMILES string of the molecule is Cc1ccc(-c2nc(OCC(C)C)nn2-c2ccc(N)cc2)cc1. The third-order valence-electron chi connectivity index (χ3n) is 3.58. The maximum Gasteiger partial charge on any atom is 0.336 e. The molecule has 0 spiro atoms. The minimum absolute atomic E-state index is 0.385. The number of anilines is 1. The molecule has 1 heterocycles. The van der Waals surface area contributed by atoms with E-state index >= 15 is 0 Å². The first-order valence-corrected chi connectivity index (χ1v) is 8.06. The molecular weight excluding hydrogens is 300 g/mol. The summed E-state index contributed by atoms with van der Waals surface area (Å²) in [6.07, 6.45) is 0. The maximum absolute atomic E-state index is 5.79. The first kappa shape index (κ1) is 16.1. The largest absolute Gasteiger partial charge is 0.462 e. The van der Waals surface area contributed by atoms with Gasteiger partial charge in [-0.05, 0) is 37.1 Å². The summed E-state index contributed by atoms with van der Waals surface area (Å²) in [5, 5.41) is 4.52. The van der Waals surface area contributed by atoms with Gasteiger partial charge < -0.3 is 10.5 Å². The van der Waals surface area contributed by atoms with E-state index in [0.29, 0.717) is 24.2 Å². The van der Waals surface area contributed by atoms with Gasteiger partial charge in [0.1, 0.15) is 0 Å². The second-order valence-corrected chi connectivity index (χ2v) is 6.29. The predicted octanol–water partition coefficient (Wildman–Crippen LogP) is 3.86. The van der Waals surface area contributed by atoms with Gasteiger partial charge in [-0.25, -0.2) is 4.68 Å². The Kier molecular flexibility index (Phi) is 4.51. The third kappa shape index (κ3) is 3.56. The Morgan fingerprint density at radius 1 is 1.04 bits per heavy atom. The van der Waals surface area contributed by atoms with Gasteiger partial charge in [-0.2, -0.15) is 4.98 Å². The summed E-state index contributed by atoms with van der Waals surface area (Å²) in [6.45, 7) is 6.83. The lowest BCUT2D eigenvalue weighted by Gasteiger charge is -2.06. The molecule has 0 radical (unpaired) electrons. The van der Waals surface area contributed by atoms with Crippen LogP contribution in [-0.4, -0.2) is 21.4 Å². The number of benzene rings is 2. The highest BCUT2D eigenvalue weighted by Gasteiger charge is 2.15. The van der Waals surface area contributed by atoms with Gasteiger partial charge in [-0.1, -0.05) is 43.7 Å². The van der Waals surface area contributed by atoms with E-state index in [1.165, 1.54) is 5.56 Å². The summed E-state index contributed by atoms with van der Waals surface area (Å²) >= 11 is 0. The fourth-order valence-electron chi connectivity index (χ4n) is 2.28. The van der Waals surface area contributed by atoms with Crippen LogP contribution in [0.5, 0.6) is 6.01 Å². The molecule has 0 fully saturated rings. The minimum Gasteiger partial charge on any atom is -0.462 e. The number of aryl methyl sites for hydroxylation is 1. The molecule has 0 atom stereocenters. The number of nitrogen functional groups attached to an aromatic ring is 1. The van der Waals surface area contributed by atoms with Crippen molar-refractivity contribution in [1.82, 2.24) is 14.8 Å². The summed E-state index contributed by atoms with van der Waals surface area (Å²) in [7, 11) is 0. The second-order valence-electron chi connectivity index (χ2n) is 6.29. The maximum atomic E-state index is 5.79. The Morgan fingerprint density at radius 3 is 2.33 bits per heavy atom. The van der Waals surface area contributed by atoms with Crippen molar-refractivity contribution in [2.24, 2.45) is 5.92 Å². The summed E-state index contributed by atoms with van der Waals surface area (Å²) in [6, 6.07) is 16.1. The second kappa shape index (κ2) is 6.74. The zero-order chi connectivity index (χ0) is 17.1. The molecule has 2 N–H and O–H groups in total. The topological polar surface area (TPSA) is 66.0 Å². The molecular formula is C19H22N4O. The molecule has 3 rings (SSSR count). The van der Waals surface area contributed by atoms with E-state index in [0.717, 1.165) is 17.1 Å². The van der Waals surface area contributed by atoms with Crippen molar-refractivity contribution in [3.05, 3.63) is 54.1 Å². The predicted molar refractivity (Wildman–Crippen MR) is 96.3 cm³/mol. The van der Waals surface area contributed by atoms with Gasteiger partial charge in [-0.3, -0.25) is 0 Å². The normalized spacial score (nSPS) is 11.0. The number of hydrogen-bond donors (Lipinski definition) is 1. The Hall–Kier alpha value is -2.82. The number of nitrogens with zero attached hydrogens (tertiary/aromatic N) is 3. The van der Waals surface area contributed by atoms with Crippen LogP contribution >= 0.6 is 0 Å². The fourth-order valence-corrected chi connectivity index (χ4v) is 2.28. The van der Waals surface area contributed by atoms with E-state index in [2.05, 4.69) is 43.0 Å². The highest BCUT2D eigenvalue weighted by Crippen LogP contribution is 2.24. The molecule has 0 unspecified atom stereocenters. The Balaban J connectivity index is 2.04. The molecule has 124 valence electrons. The zero-order valence-electron chi connectivity index (χ0n) is 14.2. The third-order valence-corrected chi connectivity index (χ3v) is 3.58. The fraction of sp³-hybridized carbons (Fsp3) is 0.263. The molecule has 0 amide bonds. The van der Waals surface area contributed by atoms with Crippen LogP contribution in [0.2, 0.25) is 0 Å². The monoisotopic (exact) mass is 322 g/mol. The Morgan fingerprint density at radius 2 is 1.71 bits per heavy atom. The van der Waals surface area contributed by atoms with Crippen LogP contribution in [0.4, 0.5) is 5.69 Å². The van der Waals surface area contributed by atoms with Crippen LogP contribution < -0.4 is 10.5 Å². The van der Waals surface area contributed by atoms with Crippen molar-refractivity contribution in [2.75, 3.05) is 12.3 Å². The van der Waals surface area contributed by atoms with E-state index in [9.17, 15) is 0 Å². The molecule has 0 bridgehead atoms. The van der Waals surface area contributed by atoms with Gasteiger partial charge >= 0.3 is 6.01 Å². The quantitative estimate of drug-likeness (QED) is 0.724. The van der Waals surface area contributed by atoms with Crippen molar-refractivity contribution >= 4 is 5.69 Å². The van der Waals surface area contributed by atoms with Crippen LogP contribution in [0.25, 0.3) is 17.1 Å². The molecule has 0 saturated carbocycles. The number of aromatic nitrogens is 3. The smallest absolute Gasteiger partial charge is 0.336 e. The summed E-state index contributed by atoms with van der Waals surface area (Å²) < 4.78 is 7.50. The van der Waals surface area contributed by atoms with Crippen LogP contribution in [0, 0.1) is 12.8 Å². The first-order chi connectivity index (χ1) is 11.5. The molecule has 3 aromatic rings. The lowest BCUT2D eigenvalue weighted by Crippen LogP contribution is -2.06. The van der Waals surface area contributed by atoms with Gasteiger partial charge in [0.25, 0.3) is 0 Å². The van der Waals surface area contributed by atoms with Crippen molar-refractivity contribution in [1.29, 1.82) is 0 Å². The molecule has 5 heteroatoms. The summed E-state index contributed by atoms with van der Waals surface area (Å²) in [5.74, 6) is 1.16. The summed E-state index contributed by atoms with van der Waals surface area (Å²) in [4.78, 5) is 4.58. The molecule has 2 aromatic carbocycles.